The molecular weight excluding hydrogens is 458 g/mol. The summed E-state index contributed by atoms with van der Waals surface area (Å²) in [5, 5.41) is 2.64. The molecule has 0 aromatic heterocycles. The maximum absolute atomic E-state index is 13.3. The SMILES string of the molecule is CSC1=NC(C)(c2ccc(COC(=O)c3ccc(Cl)cc3)cc2)C(=O)N1Nc1ccccc1. The summed E-state index contributed by atoms with van der Waals surface area (Å²) in [6.45, 7) is 1.92. The highest BCUT2D eigenvalue weighted by atomic mass is 35.5. The third-order valence-corrected chi connectivity index (χ3v) is 6.18. The molecule has 6 nitrogen and oxygen atoms in total. The van der Waals surface area contributed by atoms with Crippen molar-refractivity contribution in [1.82, 2.24) is 5.01 Å². The van der Waals surface area contributed by atoms with Gasteiger partial charge in [0.1, 0.15) is 6.61 Å². The molecule has 1 amide bonds. The minimum atomic E-state index is -1.06. The lowest BCUT2D eigenvalue weighted by molar-refractivity contribution is -0.129. The summed E-state index contributed by atoms with van der Waals surface area (Å²) >= 11 is 7.25. The first kappa shape index (κ1) is 22.9. The van der Waals surface area contributed by atoms with Gasteiger partial charge in [0.15, 0.2) is 10.7 Å². The lowest BCUT2D eigenvalue weighted by Crippen LogP contribution is -2.42. The van der Waals surface area contributed by atoms with Gasteiger partial charge in [0.25, 0.3) is 5.91 Å². The number of amides is 1. The van der Waals surface area contributed by atoms with Gasteiger partial charge in [-0.05, 0) is 60.7 Å². The first-order valence-corrected chi connectivity index (χ1v) is 11.8. The van der Waals surface area contributed by atoms with Crippen molar-refractivity contribution in [2.24, 2.45) is 4.99 Å². The first-order chi connectivity index (χ1) is 15.9. The molecule has 168 valence electrons. The van der Waals surface area contributed by atoms with E-state index >= 15 is 0 Å². The van der Waals surface area contributed by atoms with Crippen molar-refractivity contribution in [2.45, 2.75) is 19.1 Å². The Labute approximate surface area is 201 Å². The normalized spacial score (nSPS) is 17.6. The van der Waals surface area contributed by atoms with Crippen molar-refractivity contribution in [1.29, 1.82) is 0 Å². The molecule has 1 unspecified atom stereocenters. The highest BCUT2D eigenvalue weighted by Gasteiger charge is 2.46. The third-order valence-electron chi connectivity index (χ3n) is 5.29. The van der Waals surface area contributed by atoms with Crippen LogP contribution in [0, 0.1) is 0 Å². The molecule has 0 fully saturated rings. The Bertz CT molecular complexity index is 1180. The quantitative estimate of drug-likeness (QED) is 0.472. The van der Waals surface area contributed by atoms with Gasteiger partial charge < -0.3 is 4.74 Å². The number of carbonyl (C=O) groups is 2. The van der Waals surface area contributed by atoms with Crippen molar-refractivity contribution in [3.63, 3.8) is 0 Å². The predicted molar refractivity (Wildman–Crippen MR) is 132 cm³/mol. The van der Waals surface area contributed by atoms with Crippen LogP contribution in [0.3, 0.4) is 0 Å². The molecule has 3 aromatic carbocycles. The average Bonchev–Trinajstić information content (AvgIpc) is 3.09. The molecule has 33 heavy (non-hydrogen) atoms. The van der Waals surface area contributed by atoms with E-state index in [0.29, 0.717) is 15.8 Å². The maximum Gasteiger partial charge on any atom is 0.338 e. The maximum atomic E-state index is 13.3. The molecule has 0 aliphatic carbocycles. The summed E-state index contributed by atoms with van der Waals surface area (Å²) in [4.78, 5) is 30.3. The second-order valence-electron chi connectivity index (χ2n) is 7.57. The number of hydrazine groups is 1. The number of benzene rings is 3. The molecule has 1 N–H and O–H groups in total. The fraction of sp³-hybridized carbons (Fsp3) is 0.160. The van der Waals surface area contributed by atoms with Crippen LogP contribution in [-0.2, 0) is 21.7 Å². The summed E-state index contributed by atoms with van der Waals surface area (Å²) in [5.74, 6) is -0.594. The number of esters is 1. The largest absolute Gasteiger partial charge is 0.457 e. The number of anilines is 1. The molecule has 0 radical (unpaired) electrons. The number of aliphatic imine (C=N–C) groups is 1. The average molecular weight is 480 g/mol. The molecule has 8 heteroatoms. The molecule has 0 saturated carbocycles. The number of ether oxygens (including phenoxy) is 1. The number of para-hydroxylation sites is 1. The van der Waals surface area contributed by atoms with E-state index in [1.165, 1.54) is 16.8 Å². The zero-order valence-electron chi connectivity index (χ0n) is 18.1. The number of nitrogens with one attached hydrogen (secondary N) is 1. The minimum Gasteiger partial charge on any atom is -0.457 e. The van der Waals surface area contributed by atoms with Crippen molar-refractivity contribution >= 4 is 46.1 Å². The molecule has 4 rings (SSSR count). The molecule has 1 heterocycles. The van der Waals surface area contributed by atoms with Crippen LogP contribution < -0.4 is 5.43 Å². The standard InChI is InChI=1S/C25H22ClN3O3S/c1-25(23(31)29(24(27-25)33-2)28-21-6-4-3-5-7-21)19-12-8-17(9-13-19)16-32-22(30)18-10-14-20(26)15-11-18/h3-15,28H,16H2,1-2H3. The lowest BCUT2D eigenvalue weighted by atomic mass is 9.92. The van der Waals surface area contributed by atoms with E-state index < -0.39 is 11.5 Å². The Morgan fingerprint density at radius 1 is 1.06 bits per heavy atom. The van der Waals surface area contributed by atoms with Gasteiger partial charge in [0.05, 0.1) is 11.3 Å². The van der Waals surface area contributed by atoms with E-state index in [1.807, 2.05) is 60.9 Å². The summed E-state index contributed by atoms with van der Waals surface area (Å²) in [6, 6.07) is 23.4. The summed E-state index contributed by atoms with van der Waals surface area (Å²) in [6.07, 6.45) is 1.88. The predicted octanol–water partition coefficient (Wildman–Crippen LogP) is 5.50. The monoisotopic (exact) mass is 479 g/mol. The zero-order chi connectivity index (χ0) is 23.4. The Kier molecular flexibility index (Phi) is 6.72. The highest BCUT2D eigenvalue weighted by molar-refractivity contribution is 8.13. The number of hydrogen-bond donors (Lipinski definition) is 1. The Hall–Kier alpha value is -3.29. The first-order valence-electron chi connectivity index (χ1n) is 10.2. The van der Waals surface area contributed by atoms with Gasteiger partial charge >= 0.3 is 5.97 Å². The smallest absolute Gasteiger partial charge is 0.338 e. The number of hydrogen-bond acceptors (Lipinski definition) is 6. The highest BCUT2D eigenvalue weighted by Crippen LogP contribution is 2.35. The van der Waals surface area contributed by atoms with Gasteiger partial charge in [-0.1, -0.05) is 65.8 Å². The molecule has 0 saturated heterocycles. The topological polar surface area (TPSA) is 71.0 Å². The van der Waals surface area contributed by atoms with Crippen LogP contribution >= 0.6 is 23.4 Å². The molecule has 1 aliphatic rings. The van der Waals surface area contributed by atoms with Crippen LogP contribution in [0.15, 0.2) is 83.9 Å². The molecular formula is C25H22ClN3O3S. The van der Waals surface area contributed by atoms with Gasteiger partial charge in [-0.2, -0.15) is 5.01 Å². The Morgan fingerprint density at radius 2 is 1.73 bits per heavy atom. The number of halogens is 1. The number of nitrogens with zero attached hydrogens (tertiary/aromatic N) is 2. The fourth-order valence-corrected chi connectivity index (χ4v) is 4.11. The fourth-order valence-electron chi connectivity index (χ4n) is 3.40. The zero-order valence-corrected chi connectivity index (χ0v) is 19.7. The van der Waals surface area contributed by atoms with Crippen molar-refractivity contribution in [3.05, 3.63) is 101 Å². The number of thioether (sulfide) groups is 1. The van der Waals surface area contributed by atoms with Crippen molar-refractivity contribution in [2.75, 3.05) is 11.7 Å². The Morgan fingerprint density at radius 3 is 2.36 bits per heavy atom. The summed E-state index contributed by atoms with van der Waals surface area (Å²) in [5.41, 5.74) is 4.89. The van der Waals surface area contributed by atoms with E-state index in [9.17, 15) is 9.59 Å². The van der Waals surface area contributed by atoms with Crippen LogP contribution in [0.2, 0.25) is 5.02 Å². The second-order valence-corrected chi connectivity index (χ2v) is 8.78. The van der Waals surface area contributed by atoms with E-state index in [1.54, 1.807) is 31.2 Å². The summed E-state index contributed by atoms with van der Waals surface area (Å²) < 4.78 is 5.39. The summed E-state index contributed by atoms with van der Waals surface area (Å²) in [7, 11) is 0. The minimum absolute atomic E-state index is 0.118. The number of amidine groups is 1. The van der Waals surface area contributed by atoms with Gasteiger partial charge in [0.2, 0.25) is 0 Å². The molecule has 0 spiro atoms. The molecule has 1 aliphatic heterocycles. The van der Waals surface area contributed by atoms with Crippen LogP contribution in [0.5, 0.6) is 0 Å². The molecule has 0 bridgehead atoms. The van der Waals surface area contributed by atoms with Crippen LogP contribution in [0.25, 0.3) is 0 Å². The van der Waals surface area contributed by atoms with Crippen LogP contribution in [0.4, 0.5) is 5.69 Å². The van der Waals surface area contributed by atoms with E-state index in [0.717, 1.165) is 16.8 Å². The van der Waals surface area contributed by atoms with Gasteiger partial charge in [-0.3, -0.25) is 10.2 Å². The van der Waals surface area contributed by atoms with E-state index in [4.69, 9.17) is 21.3 Å². The Balaban J connectivity index is 1.46. The number of carbonyl (C=O) groups excluding carboxylic acids is 2. The van der Waals surface area contributed by atoms with Crippen molar-refractivity contribution in [3.8, 4) is 0 Å². The van der Waals surface area contributed by atoms with E-state index in [2.05, 4.69) is 5.43 Å². The number of rotatable bonds is 6. The van der Waals surface area contributed by atoms with Crippen LogP contribution in [0.1, 0.15) is 28.4 Å². The molecule has 3 aromatic rings. The van der Waals surface area contributed by atoms with E-state index in [-0.39, 0.29) is 12.5 Å². The molecule has 1 atom stereocenters. The van der Waals surface area contributed by atoms with Gasteiger partial charge in [-0.15, -0.1) is 0 Å². The van der Waals surface area contributed by atoms with Crippen LogP contribution in [-0.4, -0.2) is 28.3 Å². The lowest BCUT2D eigenvalue weighted by Gasteiger charge is -2.24. The third kappa shape index (κ3) is 4.89. The second kappa shape index (κ2) is 9.68. The van der Waals surface area contributed by atoms with Gasteiger partial charge in [0, 0.05) is 5.02 Å². The van der Waals surface area contributed by atoms with Gasteiger partial charge in [-0.25, -0.2) is 9.79 Å². The van der Waals surface area contributed by atoms with Crippen molar-refractivity contribution < 1.29 is 14.3 Å².